The number of carbonyl (C=O) groups is 1. The summed E-state index contributed by atoms with van der Waals surface area (Å²) in [6.07, 6.45) is 6.07. The summed E-state index contributed by atoms with van der Waals surface area (Å²) in [5.41, 5.74) is 6.93. The highest BCUT2D eigenvalue weighted by Gasteiger charge is 2.34. The second-order valence-electron chi connectivity index (χ2n) is 7.48. The van der Waals surface area contributed by atoms with Crippen molar-refractivity contribution in [1.82, 2.24) is 4.90 Å². The number of hydrogen-bond acceptors (Lipinski definition) is 4. The van der Waals surface area contributed by atoms with Gasteiger partial charge in [-0.25, -0.2) is 0 Å². The summed E-state index contributed by atoms with van der Waals surface area (Å²) < 4.78 is 0. The van der Waals surface area contributed by atoms with E-state index in [2.05, 4.69) is 0 Å². The van der Waals surface area contributed by atoms with Gasteiger partial charge in [0, 0.05) is 31.1 Å². The van der Waals surface area contributed by atoms with Gasteiger partial charge in [-0.3, -0.25) is 14.9 Å². The van der Waals surface area contributed by atoms with Crippen LogP contribution in [0.25, 0.3) is 0 Å². The Hall–Kier alpha value is -1.66. The average molecular weight is 384 g/mol. The largest absolute Gasteiger partial charge is 0.336 e. The lowest BCUT2D eigenvalue weighted by Crippen LogP contribution is -2.42. The van der Waals surface area contributed by atoms with Crippen LogP contribution in [-0.4, -0.2) is 28.3 Å². The Morgan fingerprint density at radius 2 is 1.81 bits per heavy atom. The number of rotatable bonds is 7. The molecule has 0 heterocycles. The first kappa shape index (κ1) is 22.4. The van der Waals surface area contributed by atoms with Crippen molar-refractivity contribution >= 4 is 24.0 Å². The van der Waals surface area contributed by atoms with Crippen LogP contribution in [0.4, 0.5) is 5.69 Å². The van der Waals surface area contributed by atoms with Crippen molar-refractivity contribution < 1.29 is 9.72 Å². The molecule has 2 N–H and O–H groups in total. The van der Waals surface area contributed by atoms with Crippen molar-refractivity contribution in [2.75, 3.05) is 6.54 Å². The van der Waals surface area contributed by atoms with Crippen LogP contribution in [0, 0.1) is 15.5 Å². The van der Waals surface area contributed by atoms with Gasteiger partial charge in [0.1, 0.15) is 0 Å². The van der Waals surface area contributed by atoms with Crippen molar-refractivity contribution in [1.29, 1.82) is 0 Å². The minimum Gasteiger partial charge on any atom is -0.336 e. The Labute approximate surface area is 161 Å². The fraction of sp³-hybridized carbons (Fsp3) is 0.632. The topological polar surface area (TPSA) is 89.5 Å². The summed E-state index contributed by atoms with van der Waals surface area (Å²) in [6.45, 7) is 5.02. The molecule has 1 amide bonds. The van der Waals surface area contributed by atoms with Gasteiger partial charge in [0.2, 0.25) is 5.91 Å². The third-order valence-corrected chi connectivity index (χ3v) is 5.32. The third kappa shape index (κ3) is 5.68. The van der Waals surface area contributed by atoms with Crippen LogP contribution in [0.3, 0.4) is 0 Å². The second kappa shape index (κ2) is 9.88. The Bertz CT molecular complexity index is 599. The maximum atomic E-state index is 13.0. The highest BCUT2D eigenvalue weighted by molar-refractivity contribution is 5.85. The van der Waals surface area contributed by atoms with Crippen LogP contribution in [-0.2, 0) is 11.3 Å². The Morgan fingerprint density at radius 3 is 2.27 bits per heavy atom. The number of carbonyl (C=O) groups excluding carboxylic acids is 1. The molecule has 26 heavy (non-hydrogen) atoms. The van der Waals surface area contributed by atoms with E-state index in [0.29, 0.717) is 19.5 Å². The molecule has 1 saturated carbocycles. The number of amides is 1. The van der Waals surface area contributed by atoms with Gasteiger partial charge in [-0.05, 0) is 44.2 Å². The lowest BCUT2D eigenvalue weighted by Gasteiger charge is -2.38. The van der Waals surface area contributed by atoms with E-state index in [0.717, 1.165) is 31.2 Å². The van der Waals surface area contributed by atoms with E-state index in [1.807, 2.05) is 18.7 Å². The molecule has 1 aromatic rings. The molecule has 0 unspecified atom stereocenters. The molecule has 0 radical (unpaired) electrons. The fourth-order valence-electron chi connectivity index (χ4n) is 3.66. The van der Waals surface area contributed by atoms with Crippen molar-refractivity contribution in [3.63, 3.8) is 0 Å². The highest BCUT2D eigenvalue weighted by Crippen LogP contribution is 2.39. The van der Waals surface area contributed by atoms with E-state index in [4.69, 9.17) is 5.73 Å². The molecule has 0 saturated heterocycles. The number of halogens is 1. The maximum Gasteiger partial charge on any atom is 0.269 e. The van der Waals surface area contributed by atoms with Crippen LogP contribution >= 0.6 is 12.4 Å². The van der Waals surface area contributed by atoms with Crippen molar-refractivity contribution in [2.24, 2.45) is 11.1 Å². The molecule has 1 aromatic carbocycles. The number of non-ortho nitro benzene ring substituents is 1. The lowest BCUT2D eigenvalue weighted by atomic mass is 9.71. The minimum atomic E-state index is -0.413. The molecular weight excluding hydrogens is 354 g/mol. The van der Waals surface area contributed by atoms with Gasteiger partial charge in [0.05, 0.1) is 4.92 Å². The summed E-state index contributed by atoms with van der Waals surface area (Å²) in [5.74, 6) is 0.126. The first-order chi connectivity index (χ1) is 11.9. The molecule has 1 aliphatic rings. The van der Waals surface area contributed by atoms with Gasteiger partial charge >= 0.3 is 0 Å². The van der Waals surface area contributed by atoms with E-state index in [1.165, 1.54) is 18.6 Å². The zero-order valence-corrected chi connectivity index (χ0v) is 16.5. The zero-order valence-electron chi connectivity index (χ0n) is 15.6. The van der Waals surface area contributed by atoms with Crippen molar-refractivity contribution in [2.45, 2.75) is 65.0 Å². The molecule has 0 aromatic heterocycles. The molecule has 0 bridgehead atoms. The molecule has 0 atom stereocenters. The summed E-state index contributed by atoms with van der Waals surface area (Å²) in [6, 6.07) is 6.49. The van der Waals surface area contributed by atoms with Gasteiger partial charge in [-0.15, -0.1) is 12.4 Å². The SMILES string of the molecule is CC(C)N(Cc1ccc([N+](=O)[O-])cc1)C(=O)CC1(CN)CCCCC1.Cl. The number of nitrogens with zero attached hydrogens (tertiary/aromatic N) is 2. The zero-order chi connectivity index (χ0) is 18.4. The number of benzene rings is 1. The van der Waals surface area contributed by atoms with E-state index in [1.54, 1.807) is 12.1 Å². The predicted molar refractivity (Wildman–Crippen MR) is 105 cm³/mol. The maximum absolute atomic E-state index is 13.0. The summed E-state index contributed by atoms with van der Waals surface area (Å²) in [7, 11) is 0. The molecule has 1 fully saturated rings. The van der Waals surface area contributed by atoms with Gasteiger partial charge in [-0.2, -0.15) is 0 Å². The Morgan fingerprint density at radius 1 is 1.23 bits per heavy atom. The minimum absolute atomic E-state index is 0. The molecule has 1 aliphatic carbocycles. The van der Waals surface area contributed by atoms with Crippen LogP contribution in [0.2, 0.25) is 0 Å². The van der Waals surface area contributed by atoms with Gasteiger partial charge < -0.3 is 10.6 Å². The van der Waals surface area contributed by atoms with Crippen molar-refractivity contribution in [3.05, 3.63) is 39.9 Å². The standard InChI is InChI=1S/C19H29N3O3.ClH/c1-15(2)21(13-16-6-8-17(9-7-16)22(24)25)18(23)12-19(14-20)10-4-3-5-11-19;/h6-9,15H,3-5,10-14,20H2,1-2H3;1H. The molecule has 2 rings (SSSR count). The summed E-state index contributed by atoms with van der Waals surface area (Å²) in [5, 5.41) is 10.8. The Balaban J connectivity index is 0.00000338. The van der Waals surface area contributed by atoms with E-state index >= 15 is 0 Å². The van der Waals surface area contributed by atoms with Gasteiger partial charge in [0.15, 0.2) is 0 Å². The number of nitro groups is 1. The van der Waals surface area contributed by atoms with E-state index in [-0.39, 0.29) is 35.5 Å². The van der Waals surface area contributed by atoms with Crippen LogP contribution in [0.1, 0.15) is 57.9 Å². The molecular formula is C19H30ClN3O3. The summed E-state index contributed by atoms with van der Waals surface area (Å²) in [4.78, 5) is 25.2. The van der Waals surface area contributed by atoms with Crippen LogP contribution in [0.15, 0.2) is 24.3 Å². The quantitative estimate of drug-likeness (QED) is 0.568. The van der Waals surface area contributed by atoms with Gasteiger partial charge in [0.25, 0.3) is 5.69 Å². The number of hydrogen-bond donors (Lipinski definition) is 1. The third-order valence-electron chi connectivity index (χ3n) is 5.32. The monoisotopic (exact) mass is 383 g/mol. The molecule has 6 nitrogen and oxygen atoms in total. The molecule has 0 aliphatic heterocycles. The highest BCUT2D eigenvalue weighted by atomic mass is 35.5. The number of nitro benzene ring substituents is 1. The van der Waals surface area contributed by atoms with Gasteiger partial charge in [-0.1, -0.05) is 31.4 Å². The fourth-order valence-corrected chi connectivity index (χ4v) is 3.66. The predicted octanol–water partition coefficient (Wildman–Crippen LogP) is 4.05. The Kier molecular flexibility index (Phi) is 8.50. The first-order valence-corrected chi connectivity index (χ1v) is 9.10. The van der Waals surface area contributed by atoms with Crippen molar-refractivity contribution in [3.8, 4) is 0 Å². The van der Waals surface area contributed by atoms with E-state index < -0.39 is 4.92 Å². The number of nitrogens with two attached hydrogens (primary N) is 1. The van der Waals surface area contributed by atoms with Crippen LogP contribution in [0.5, 0.6) is 0 Å². The second-order valence-corrected chi connectivity index (χ2v) is 7.48. The van der Waals surface area contributed by atoms with E-state index in [9.17, 15) is 14.9 Å². The van der Waals surface area contributed by atoms with Crippen LogP contribution < -0.4 is 5.73 Å². The first-order valence-electron chi connectivity index (χ1n) is 9.10. The molecule has 0 spiro atoms. The smallest absolute Gasteiger partial charge is 0.269 e. The summed E-state index contributed by atoms with van der Waals surface area (Å²) >= 11 is 0. The average Bonchev–Trinajstić information content (AvgIpc) is 2.60. The lowest BCUT2D eigenvalue weighted by molar-refractivity contribution is -0.384. The normalized spacial score (nSPS) is 16.0. The molecule has 146 valence electrons. The molecule has 7 heteroatoms.